The van der Waals surface area contributed by atoms with Crippen LogP contribution in [0.4, 0.5) is 0 Å². The third kappa shape index (κ3) is 6.66. The van der Waals surface area contributed by atoms with Gasteiger partial charge in [-0.05, 0) is 5.92 Å². The predicted octanol–water partition coefficient (Wildman–Crippen LogP) is 2.01. The van der Waals surface area contributed by atoms with Gasteiger partial charge >= 0.3 is 0 Å². The summed E-state index contributed by atoms with van der Waals surface area (Å²) < 4.78 is 0. The zero-order valence-electron chi connectivity index (χ0n) is 6.26. The van der Waals surface area contributed by atoms with E-state index in [1.165, 1.54) is 0 Å². The number of hydrogen-bond donors (Lipinski definition) is 0. The molecule has 0 atom stereocenters. The van der Waals surface area contributed by atoms with Crippen LogP contribution in [-0.4, -0.2) is 6.29 Å². The van der Waals surface area contributed by atoms with Crippen LogP contribution >= 0.6 is 0 Å². The summed E-state index contributed by atoms with van der Waals surface area (Å²) in [6.07, 6.45) is 4.02. The van der Waals surface area contributed by atoms with Gasteiger partial charge in [-0.3, -0.25) is 0 Å². The van der Waals surface area contributed by atoms with Crippen LogP contribution in [0.15, 0.2) is 0 Å². The molecule has 0 aliphatic heterocycles. The standard InChI is InChI=1S/C7H14O.Y/c1-3-7(4-2)5-6-8;/h6-7H,3-5H2,1-2H3;. The predicted molar refractivity (Wildman–Crippen MR) is 34.8 cm³/mol. The Balaban J connectivity index is 0. The molecule has 0 N–H and O–H groups in total. The molecule has 0 unspecified atom stereocenters. The van der Waals surface area contributed by atoms with E-state index < -0.39 is 0 Å². The van der Waals surface area contributed by atoms with Crippen molar-refractivity contribution in [3.05, 3.63) is 0 Å². The smallest absolute Gasteiger partial charge is 0.120 e. The monoisotopic (exact) mass is 203 g/mol. The Morgan fingerprint density at radius 3 is 1.89 bits per heavy atom. The molecule has 0 aliphatic carbocycles. The molecule has 0 saturated carbocycles. The number of hydrogen-bond acceptors (Lipinski definition) is 1. The van der Waals surface area contributed by atoms with Crippen molar-refractivity contribution < 1.29 is 37.5 Å². The van der Waals surface area contributed by atoms with E-state index in [4.69, 9.17) is 0 Å². The van der Waals surface area contributed by atoms with Gasteiger partial charge in [0.2, 0.25) is 0 Å². The molecule has 9 heavy (non-hydrogen) atoms. The molecule has 0 aromatic carbocycles. The summed E-state index contributed by atoms with van der Waals surface area (Å²) >= 11 is 0. The van der Waals surface area contributed by atoms with Gasteiger partial charge in [-0.1, -0.05) is 26.7 Å². The molecule has 1 radical (unpaired) electrons. The molecule has 0 aromatic rings. The second kappa shape index (κ2) is 8.77. The Morgan fingerprint density at radius 2 is 1.78 bits per heavy atom. The summed E-state index contributed by atoms with van der Waals surface area (Å²) in [5.74, 6) is 0.632. The maximum atomic E-state index is 9.93. The molecule has 0 fully saturated rings. The van der Waals surface area contributed by atoms with Gasteiger partial charge in [-0.2, -0.15) is 0 Å². The van der Waals surface area contributed by atoms with Crippen molar-refractivity contribution in [3.8, 4) is 0 Å². The van der Waals surface area contributed by atoms with Gasteiger partial charge in [-0.25, -0.2) is 0 Å². The van der Waals surface area contributed by atoms with Crippen molar-refractivity contribution in [1.29, 1.82) is 0 Å². The van der Waals surface area contributed by atoms with Gasteiger partial charge in [-0.15, -0.1) is 0 Å². The minimum Gasteiger partial charge on any atom is -0.303 e. The summed E-state index contributed by atoms with van der Waals surface area (Å²) in [6, 6.07) is 0. The van der Waals surface area contributed by atoms with Crippen LogP contribution in [0, 0.1) is 5.92 Å². The Labute approximate surface area is 82.5 Å². The van der Waals surface area contributed by atoms with Crippen molar-refractivity contribution >= 4 is 6.29 Å². The van der Waals surface area contributed by atoms with Crippen molar-refractivity contribution in [3.63, 3.8) is 0 Å². The topological polar surface area (TPSA) is 17.1 Å². The molecule has 0 heterocycles. The quantitative estimate of drug-likeness (QED) is 0.638. The van der Waals surface area contributed by atoms with Gasteiger partial charge in [0.15, 0.2) is 0 Å². The first-order valence-corrected chi connectivity index (χ1v) is 3.28. The molecule has 0 aromatic heterocycles. The van der Waals surface area contributed by atoms with Crippen LogP contribution in [0.2, 0.25) is 0 Å². The Kier molecular flexibility index (Phi) is 12.1. The summed E-state index contributed by atoms with van der Waals surface area (Å²) in [7, 11) is 0. The fourth-order valence-electron chi connectivity index (χ4n) is 0.758. The molecule has 51 valence electrons. The van der Waals surface area contributed by atoms with Crippen molar-refractivity contribution in [2.75, 3.05) is 0 Å². The van der Waals surface area contributed by atoms with E-state index in [0.717, 1.165) is 25.5 Å². The molecule has 0 spiro atoms. The maximum absolute atomic E-state index is 9.93. The van der Waals surface area contributed by atoms with Crippen LogP contribution in [0.3, 0.4) is 0 Å². The van der Waals surface area contributed by atoms with Crippen LogP contribution in [0.25, 0.3) is 0 Å². The Bertz CT molecular complexity index is 59.9. The van der Waals surface area contributed by atoms with Crippen molar-refractivity contribution in [1.82, 2.24) is 0 Å². The zero-order chi connectivity index (χ0) is 6.41. The molecule has 0 amide bonds. The number of aldehydes is 1. The fraction of sp³-hybridized carbons (Fsp3) is 0.857. The molecule has 0 aliphatic rings. The zero-order valence-corrected chi connectivity index (χ0v) is 9.10. The Morgan fingerprint density at radius 1 is 1.33 bits per heavy atom. The second-order valence-electron chi connectivity index (χ2n) is 2.08. The minimum atomic E-state index is 0. The first-order chi connectivity index (χ1) is 3.85. The van der Waals surface area contributed by atoms with E-state index >= 15 is 0 Å². The summed E-state index contributed by atoms with van der Waals surface area (Å²) in [4.78, 5) is 9.93. The van der Waals surface area contributed by atoms with Crippen molar-refractivity contribution in [2.24, 2.45) is 5.92 Å². The van der Waals surface area contributed by atoms with Crippen LogP contribution in [0.1, 0.15) is 33.1 Å². The van der Waals surface area contributed by atoms with Crippen LogP contribution in [0.5, 0.6) is 0 Å². The average molecular weight is 203 g/mol. The number of rotatable bonds is 4. The molecule has 0 bridgehead atoms. The fourth-order valence-corrected chi connectivity index (χ4v) is 0.758. The number of carbonyl (C=O) groups excluding carboxylic acids is 1. The largest absolute Gasteiger partial charge is 0.303 e. The second-order valence-corrected chi connectivity index (χ2v) is 2.08. The van der Waals surface area contributed by atoms with Gasteiger partial charge in [0.1, 0.15) is 6.29 Å². The normalized spacial score (nSPS) is 8.78. The van der Waals surface area contributed by atoms with Gasteiger partial charge in [0.05, 0.1) is 0 Å². The van der Waals surface area contributed by atoms with E-state index in [-0.39, 0.29) is 32.7 Å². The third-order valence-corrected chi connectivity index (χ3v) is 1.58. The Hall–Kier alpha value is 0.774. The third-order valence-electron chi connectivity index (χ3n) is 1.58. The molecule has 1 nitrogen and oxygen atoms in total. The summed E-state index contributed by atoms with van der Waals surface area (Å²) in [5.41, 5.74) is 0. The van der Waals surface area contributed by atoms with E-state index in [1.54, 1.807) is 0 Å². The summed E-state index contributed by atoms with van der Waals surface area (Å²) in [5, 5.41) is 0. The molecular formula is C7H14OY. The van der Waals surface area contributed by atoms with Crippen LogP contribution < -0.4 is 0 Å². The van der Waals surface area contributed by atoms with Gasteiger partial charge in [0.25, 0.3) is 0 Å². The molecule has 0 saturated heterocycles. The number of carbonyl (C=O) groups is 1. The van der Waals surface area contributed by atoms with Crippen molar-refractivity contribution in [2.45, 2.75) is 33.1 Å². The van der Waals surface area contributed by atoms with Gasteiger partial charge < -0.3 is 4.79 Å². The minimum absolute atomic E-state index is 0. The van der Waals surface area contributed by atoms with Gasteiger partial charge in [0, 0.05) is 39.1 Å². The summed E-state index contributed by atoms with van der Waals surface area (Å²) in [6.45, 7) is 4.25. The molecular weight excluding hydrogens is 189 g/mol. The van der Waals surface area contributed by atoms with E-state index in [1.807, 2.05) is 0 Å². The van der Waals surface area contributed by atoms with E-state index in [0.29, 0.717) is 5.92 Å². The molecule has 2 heteroatoms. The SMILES string of the molecule is CCC(CC)CC=O.[Y]. The van der Waals surface area contributed by atoms with Crippen LogP contribution in [-0.2, 0) is 37.5 Å². The maximum Gasteiger partial charge on any atom is 0.120 e. The average Bonchev–Trinajstić information content (AvgIpc) is 1.83. The van der Waals surface area contributed by atoms with E-state index in [9.17, 15) is 4.79 Å². The first-order valence-electron chi connectivity index (χ1n) is 3.28. The van der Waals surface area contributed by atoms with E-state index in [2.05, 4.69) is 13.8 Å². The first kappa shape index (κ1) is 12.5. The molecule has 0 rings (SSSR count).